The number of benzene rings is 1. The molecule has 0 spiro atoms. The van der Waals surface area contributed by atoms with Crippen LogP contribution in [0.5, 0.6) is 11.5 Å². The van der Waals surface area contributed by atoms with E-state index in [9.17, 15) is 14.7 Å². The summed E-state index contributed by atoms with van der Waals surface area (Å²) in [5, 5.41) is 12.8. The monoisotopic (exact) mass is 351 g/mol. The van der Waals surface area contributed by atoms with Gasteiger partial charge in [0.25, 0.3) is 0 Å². The van der Waals surface area contributed by atoms with Crippen LogP contribution in [0.1, 0.15) is 12.5 Å². The number of aliphatic hydroxyl groups is 1. The molecule has 2 rings (SSSR count). The Labute approximate surface area is 147 Å². The lowest BCUT2D eigenvalue weighted by Gasteiger charge is -2.22. The molecule has 0 saturated carbocycles. The summed E-state index contributed by atoms with van der Waals surface area (Å²) in [5.74, 6) is 1.06. The van der Waals surface area contributed by atoms with Gasteiger partial charge in [0.1, 0.15) is 0 Å². The average Bonchev–Trinajstić information content (AvgIpc) is 2.80. The molecule has 1 saturated heterocycles. The van der Waals surface area contributed by atoms with E-state index in [1.165, 1.54) is 11.8 Å². The van der Waals surface area contributed by atoms with Crippen LogP contribution in [0.25, 0.3) is 0 Å². The fourth-order valence-electron chi connectivity index (χ4n) is 2.84. The Balaban J connectivity index is 1.99. The zero-order valence-corrected chi connectivity index (χ0v) is 14.8. The van der Waals surface area contributed by atoms with E-state index in [0.29, 0.717) is 24.6 Å². The van der Waals surface area contributed by atoms with Crippen LogP contribution in [0.15, 0.2) is 18.2 Å². The van der Waals surface area contributed by atoms with Gasteiger partial charge >= 0.3 is 6.03 Å². The van der Waals surface area contributed by atoms with E-state index in [4.69, 9.17) is 9.47 Å². The smallest absolute Gasteiger partial charge is 0.317 e. The number of rotatable bonds is 4. The number of amides is 3. The van der Waals surface area contributed by atoms with Gasteiger partial charge in [-0.15, -0.1) is 0 Å². The molecule has 0 aliphatic carbocycles. The van der Waals surface area contributed by atoms with Crippen LogP contribution < -0.4 is 14.8 Å². The Bertz CT molecular complexity index is 622. The number of ether oxygens (including phenoxy) is 2. The molecule has 8 heteroatoms. The van der Waals surface area contributed by atoms with Crippen LogP contribution >= 0.6 is 0 Å². The van der Waals surface area contributed by atoms with Crippen LogP contribution in [0.2, 0.25) is 0 Å². The largest absolute Gasteiger partial charge is 0.493 e. The Kier molecular flexibility index (Phi) is 6.46. The minimum atomic E-state index is -0.761. The fourth-order valence-corrected chi connectivity index (χ4v) is 2.84. The van der Waals surface area contributed by atoms with Gasteiger partial charge in [-0.05, 0) is 6.07 Å². The van der Waals surface area contributed by atoms with Gasteiger partial charge in [-0.25, -0.2) is 4.79 Å². The van der Waals surface area contributed by atoms with Crippen LogP contribution in [-0.4, -0.2) is 73.3 Å². The molecular weight excluding hydrogens is 326 g/mol. The number of carbonyl (C=O) groups excluding carboxylic acids is 2. The van der Waals surface area contributed by atoms with Gasteiger partial charge in [0, 0.05) is 38.7 Å². The van der Waals surface area contributed by atoms with Gasteiger partial charge in [0.15, 0.2) is 11.5 Å². The van der Waals surface area contributed by atoms with Crippen LogP contribution in [-0.2, 0) is 11.3 Å². The van der Waals surface area contributed by atoms with Crippen molar-refractivity contribution in [2.45, 2.75) is 19.6 Å². The first-order chi connectivity index (χ1) is 12.0. The first-order valence-corrected chi connectivity index (χ1v) is 8.12. The summed E-state index contributed by atoms with van der Waals surface area (Å²) in [4.78, 5) is 27.0. The highest BCUT2D eigenvalue weighted by atomic mass is 16.5. The maximum Gasteiger partial charge on any atom is 0.317 e. The zero-order chi connectivity index (χ0) is 18.4. The highest BCUT2D eigenvalue weighted by Crippen LogP contribution is 2.30. The average molecular weight is 351 g/mol. The lowest BCUT2D eigenvalue weighted by molar-refractivity contribution is -0.129. The van der Waals surface area contributed by atoms with Gasteiger partial charge in [-0.2, -0.15) is 0 Å². The number of urea groups is 1. The van der Waals surface area contributed by atoms with Crippen LogP contribution in [0, 0.1) is 0 Å². The highest BCUT2D eigenvalue weighted by Gasteiger charge is 2.25. The first kappa shape index (κ1) is 18.9. The quantitative estimate of drug-likeness (QED) is 0.821. The Morgan fingerprint density at radius 2 is 1.88 bits per heavy atom. The third-order valence-corrected chi connectivity index (χ3v) is 4.15. The van der Waals surface area contributed by atoms with Crippen molar-refractivity contribution in [1.82, 2.24) is 15.1 Å². The molecule has 0 bridgehead atoms. The van der Waals surface area contributed by atoms with Crippen molar-refractivity contribution in [1.29, 1.82) is 0 Å². The SMILES string of the molecule is COc1cccc(CNC(=O)N2CCN(C(C)=O)C[C@@H](O)C2)c1OC. The van der Waals surface area contributed by atoms with Crippen molar-refractivity contribution in [2.75, 3.05) is 40.4 Å². The number of hydrogen-bond donors (Lipinski definition) is 2. The second-order valence-corrected chi connectivity index (χ2v) is 5.88. The summed E-state index contributed by atoms with van der Waals surface area (Å²) in [5.41, 5.74) is 0.788. The highest BCUT2D eigenvalue weighted by molar-refractivity contribution is 5.75. The lowest BCUT2D eigenvalue weighted by atomic mass is 10.2. The maximum atomic E-state index is 12.4. The predicted octanol–water partition coefficient (Wildman–Crippen LogP) is 0.438. The molecule has 25 heavy (non-hydrogen) atoms. The molecular formula is C17H25N3O5. The Morgan fingerprint density at radius 3 is 2.52 bits per heavy atom. The molecule has 1 aliphatic heterocycles. The van der Waals surface area contributed by atoms with Crippen LogP contribution in [0.3, 0.4) is 0 Å². The molecule has 3 amide bonds. The van der Waals surface area contributed by atoms with E-state index in [2.05, 4.69) is 5.32 Å². The van der Waals surface area contributed by atoms with Gasteiger partial charge in [0.05, 0.1) is 26.9 Å². The van der Waals surface area contributed by atoms with E-state index in [1.807, 2.05) is 12.1 Å². The molecule has 0 aromatic heterocycles. The van der Waals surface area contributed by atoms with Crippen molar-refractivity contribution < 1.29 is 24.2 Å². The van der Waals surface area contributed by atoms with Gasteiger partial charge in [-0.3, -0.25) is 4.79 Å². The number of β-amino-alcohol motifs (C(OH)–C–C–N with tert-alkyl or cyclic N) is 1. The summed E-state index contributed by atoms with van der Waals surface area (Å²) in [7, 11) is 3.10. The van der Waals surface area contributed by atoms with Gasteiger partial charge in [0.2, 0.25) is 5.91 Å². The van der Waals surface area contributed by atoms with Gasteiger partial charge in [-0.1, -0.05) is 12.1 Å². The van der Waals surface area contributed by atoms with Crippen LogP contribution in [0.4, 0.5) is 4.79 Å². The number of para-hydroxylation sites is 1. The predicted molar refractivity (Wildman–Crippen MR) is 91.6 cm³/mol. The number of nitrogens with one attached hydrogen (secondary N) is 1. The molecule has 0 radical (unpaired) electrons. The second kappa shape index (κ2) is 8.57. The van der Waals surface area contributed by atoms with E-state index in [0.717, 1.165) is 5.56 Å². The summed E-state index contributed by atoms with van der Waals surface area (Å²) in [6.45, 7) is 2.92. The third-order valence-electron chi connectivity index (χ3n) is 4.15. The van der Waals surface area contributed by atoms with Crippen molar-refractivity contribution in [3.63, 3.8) is 0 Å². The Hall–Kier alpha value is -2.48. The first-order valence-electron chi connectivity index (χ1n) is 8.12. The van der Waals surface area contributed by atoms with Gasteiger partial charge < -0.3 is 29.7 Å². The van der Waals surface area contributed by atoms with Crippen molar-refractivity contribution in [3.8, 4) is 11.5 Å². The molecule has 1 fully saturated rings. The molecule has 1 aromatic carbocycles. The third kappa shape index (κ3) is 4.76. The molecule has 1 aliphatic rings. The van der Waals surface area contributed by atoms with Crippen molar-refractivity contribution >= 4 is 11.9 Å². The molecule has 1 heterocycles. The Morgan fingerprint density at radius 1 is 1.20 bits per heavy atom. The number of hydrogen-bond acceptors (Lipinski definition) is 5. The molecule has 8 nitrogen and oxygen atoms in total. The zero-order valence-electron chi connectivity index (χ0n) is 14.8. The topological polar surface area (TPSA) is 91.3 Å². The number of nitrogens with zero attached hydrogens (tertiary/aromatic N) is 2. The number of carbonyl (C=O) groups is 2. The summed E-state index contributed by atoms with van der Waals surface area (Å²) in [6, 6.07) is 5.15. The van der Waals surface area contributed by atoms with Crippen molar-refractivity contribution in [2.24, 2.45) is 0 Å². The number of aliphatic hydroxyl groups excluding tert-OH is 1. The maximum absolute atomic E-state index is 12.4. The molecule has 138 valence electrons. The second-order valence-electron chi connectivity index (χ2n) is 5.88. The fraction of sp³-hybridized carbons (Fsp3) is 0.529. The summed E-state index contributed by atoms with van der Waals surface area (Å²) in [6.07, 6.45) is -0.761. The summed E-state index contributed by atoms with van der Waals surface area (Å²) >= 11 is 0. The van der Waals surface area contributed by atoms with E-state index >= 15 is 0 Å². The molecule has 2 N–H and O–H groups in total. The van der Waals surface area contributed by atoms with E-state index < -0.39 is 6.10 Å². The lowest BCUT2D eigenvalue weighted by Crippen LogP contribution is -2.43. The minimum absolute atomic E-state index is 0.109. The van der Waals surface area contributed by atoms with E-state index in [1.54, 1.807) is 25.2 Å². The normalized spacial score (nSPS) is 17.7. The summed E-state index contributed by atoms with van der Waals surface area (Å²) < 4.78 is 10.6. The molecule has 0 unspecified atom stereocenters. The number of methoxy groups -OCH3 is 2. The van der Waals surface area contributed by atoms with Crippen molar-refractivity contribution in [3.05, 3.63) is 23.8 Å². The minimum Gasteiger partial charge on any atom is -0.493 e. The van der Waals surface area contributed by atoms with E-state index in [-0.39, 0.29) is 31.6 Å². The molecule has 1 aromatic rings. The molecule has 1 atom stereocenters. The standard InChI is InChI=1S/C17H25N3O5/c1-12(21)19-7-8-20(11-14(22)10-19)17(23)18-9-13-5-4-6-15(24-2)16(13)25-3/h4-6,14,22H,7-11H2,1-3H3,(H,18,23)/t14-/m1/s1.